The van der Waals surface area contributed by atoms with Crippen molar-refractivity contribution in [1.29, 1.82) is 0 Å². The minimum absolute atomic E-state index is 0.0704. The van der Waals surface area contributed by atoms with Gasteiger partial charge in [0.1, 0.15) is 5.75 Å². The Labute approximate surface area is 85.9 Å². The van der Waals surface area contributed by atoms with E-state index in [4.69, 9.17) is 14.9 Å². The number of aromatic carboxylic acids is 1. The van der Waals surface area contributed by atoms with E-state index in [0.29, 0.717) is 5.56 Å². The van der Waals surface area contributed by atoms with Gasteiger partial charge in [-0.15, -0.1) is 0 Å². The predicted octanol–water partition coefficient (Wildman–Crippen LogP) is 1.02. The summed E-state index contributed by atoms with van der Waals surface area (Å²) < 4.78 is 4.91. The number of methoxy groups -OCH3 is 1. The maximum atomic E-state index is 10.6. The molecule has 0 radical (unpaired) electrons. The molecule has 0 fully saturated rings. The van der Waals surface area contributed by atoms with Gasteiger partial charge >= 0.3 is 11.9 Å². The maximum absolute atomic E-state index is 10.6. The van der Waals surface area contributed by atoms with Gasteiger partial charge < -0.3 is 14.9 Å². The molecule has 0 spiro atoms. The van der Waals surface area contributed by atoms with Crippen molar-refractivity contribution in [3.8, 4) is 5.75 Å². The van der Waals surface area contributed by atoms with Gasteiger partial charge in [0.25, 0.3) is 0 Å². The first-order valence-corrected chi connectivity index (χ1v) is 4.16. The highest BCUT2D eigenvalue weighted by Crippen LogP contribution is 2.20. The first-order valence-electron chi connectivity index (χ1n) is 4.16. The van der Waals surface area contributed by atoms with E-state index in [1.54, 1.807) is 0 Å². The number of aliphatic carboxylic acids is 1. The summed E-state index contributed by atoms with van der Waals surface area (Å²) in [5.41, 5.74) is 0.524. The smallest absolute Gasteiger partial charge is 0.335 e. The molecule has 1 aromatic rings. The fourth-order valence-electron chi connectivity index (χ4n) is 1.19. The zero-order chi connectivity index (χ0) is 11.4. The zero-order valence-corrected chi connectivity index (χ0v) is 8.06. The van der Waals surface area contributed by atoms with Crippen LogP contribution in [0.5, 0.6) is 5.75 Å². The summed E-state index contributed by atoms with van der Waals surface area (Å²) in [7, 11) is 1.37. The lowest BCUT2D eigenvalue weighted by Crippen LogP contribution is -2.04. The lowest BCUT2D eigenvalue weighted by Gasteiger charge is -2.07. The molecular formula is C10H10O5. The normalized spacial score (nSPS) is 9.67. The van der Waals surface area contributed by atoms with Crippen LogP contribution in [0.4, 0.5) is 0 Å². The third-order valence-electron chi connectivity index (χ3n) is 1.88. The Morgan fingerprint density at radius 2 is 2.00 bits per heavy atom. The fourth-order valence-corrected chi connectivity index (χ4v) is 1.19. The molecule has 0 bridgehead atoms. The summed E-state index contributed by atoms with van der Waals surface area (Å²) in [6, 6.07) is 4.10. The second kappa shape index (κ2) is 4.45. The highest BCUT2D eigenvalue weighted by atomic mass is 16.5. The van der Waals surface area contributed by atoms with Crippen molar-refractivity contribution in [3.05, 3.63) is 29.3 Å². The van der Waals surface area contributed by atoms with Crippen LogP contribution in [0, 0.1) is 0 Å². The molecular weight excluding hydrogens is 200 g/mol. The molecule has 0 aliphatic rings. The lowest BCUT2D eigenvalue weighted by atomic mass is 10.1. The van der Waals surface area contributed by atoms with Gasteiger partial charge in [-0.05, 0) is 12.1 Å². The van der Waals surface area contributed by atoms with Crippen LogP contribution in [0.1, 0.15) is 15.9 Å². The summed E-state index contributed by atoms with van der Waals surface area (Å²) >= 11 is 0. The van der Waals surface area contributed by atoms with Crippen LogP contribution in [0.15, 0.2) is 18.2 Å². The summed E-state index contributed by atoms with van der Waals surface area (Å²) in [6.07, 6.45) is -0.191. The number of carboxylic acids is 2. The van der Waals surface area contributed by atoms with Crippen molar-refractivity contribution >= 4 is 11.9 Å². The van der Waals surface area contributed by atoms with Crippen LogP contribution in [-0.2, 0) is 11.2 Å². The molecule has 1 aromatic carbocycles. The number of carbonyl (C=O) groups is 2. The second-order valence-electron chi connectivity index (χ2n) is 2.90. The highest BCUT2D eigenvalue weighted by molar-refractivity contribution is 5.88. The minimum Gasteiger partial charge on any atom is -0.496 e. The average Bonchev–Trinajstić information content (AvgIpc) is 2.17. The molecule has 0 aliphatic carbocycles. The topological polar surface area (TPSA) is 83.8 Å². The first-order chi connectivity index (χ1) is 7.04. The van der Waals surface area contributed by atoms with E-state index in [0.717, 1.165) is 0 Å². The summed E-state index contributed by atoms with van der Waals surface area (Å²) in [5.74, 6) is -1.79. The number of carboxylic acid groups (broad SMARTS) is 2. The van der Waals surface area contributed by atoms with E-state index in [1.807, 2.05) is 0 Å². The number of rotatable bonds is 4. The van der Waals surface area contributed by atoms with E-state index in [1.165, 1.54) is 25.3 Å². The van der Waals surface area contributed by atoms with E-state index >= 15 is 0 Å². The Balaban J connectivity index is 3.08. The number of ether oxygens (including phenoxy) is 1. The molecule has 0 saturated heterocycles. The number of hydrogen-bond acceptors (Lipinski definition) is 3. The summed E-state index contributed by atoms with van der Waals surface area (Å²) in [5, 5.41) is 17.3. The van der Waals surface area contributed by atoms with Gasteiger partial charge in [0.2, 0.25) is 0 Å². The van der Waals surface area contributed by atoms with Crippen molar-refractivity contribution in [2.24, 2.45) is 0 Å². The van der Waals surface area contributed by atoms with Gasteiger partial charge in [-0.3, -0.25) is 4.79 Å². The van der Waals surface area contributed by atoms with Gasteiger partial charge in [-0.2, -0.15) is 0 Å². The molecule has 0 saturated carbocycles. The van der Waals surface area contributed by atoms with E-state index in [-0.39, 0.29) is 17.7 Å². The third-order valence-corrected chi connectivity index (χ3v) is 1.88. The van der Waals surface area contributed by atoms with Gasteiger partial charge in [-0.25, -0.2) is 4.79 Å². The van der Waals surface area contributed by atoms with Crippen molar-refractivity contribution in [3.63, 3.8) is 0 Å². The first kappa shape index (κ1) is 11.0. The van der Waals surface area contributed by atoms with Crippen LogP contribution in [-0.4, -0.2) is 29.3 Å². The Morgan fingerprint density at radius 1 is 1.33 bits per heavy atom. The van der Waals surface area contributed by atoms with Crippen LogP contribution in [0.3, 0.4) is 0 Å². The molecule has 5 heteroatoms. The summed E-state index contributed by atoms with van der Waals surface area (Å²) in [4.78, 5) is 21.1. The zero-order valence-electron chi connectivity index (χ0n) is 8.06. The number of hydrogen-bond donors (Lipinski definition) is 2. The van der Waals surface area contributed by atoms with Gasteiger partial charge in [0.15, 0.2) is 0 Å². The van der Waals surface area contributed by atoms with Crippen molar-refractivity contribution < 1.29 is 24.5 Å². The fraction of sp³-hybridized carbons (Fsp3) is 0.200. The highest BCUT2D eigenvalue weighted by Gasteiger charge is 2.11. The standard InChI is InChI=1S/C10H10O5/c1-15-8-4-7(10(13)14)3-2-6(8)5-9(11)12/h2-4H,5H2,1H3,(H,11,12)(H,13,14). The van der Waals surface area contributed by atoms with Crippen molar-refractivity contribution in [1.82, 2.24) is 0 Å². The van der Waals surface area contributed by atoms with Crippen LogP contribution in [0.2, 0.25) is 0 Å². The summed E-state index contributed by atoms with van der Waals surface area (Å²) in [6.45, 7) is 0. The maximum Gasteiger partial charge on any atom is 0.335 e. The molecule has 15 heavy (non-hydrogen) atoms. The molecule has 0 heterocycles. The monoisotopic (exact) mass is 210 g/mol. The van der Waals surface area contributed by atoms with E-state index in [2.05, 4.69) is 0 Å². The van der Waals surface area contributed by atoms with Crippen molar-refractivity contribution in [2.45, 2.75) is 6.42 Å². The van der Waals surface area contributed by atoms with Crippen LogP contribution in [0.25, 0.3) is 0 Å². The molecule has 0 amide bonds. The predicted molar refractivity (Wildman–Crippen MR) is 51.3 cm³/mol. The molecule has 80 valence electrons. The van der Waals surface area contributed by atoms with E-state index < -0.39 is 11.9 Å². The Bertz CT molecular complexity index is 397. The molecule has 1 rings (SSSR count). The Morgan fingerprint density at radius 3 is 2.47 bits per heavy atom. The van der Waals surface area contributed by atoms with Gasteiger partial charge in [0, 0.05) is 5.56 Å². The lowest BCUT2D eigenvalue weighted by molar-refractivity contribution is -0.136. The third kappa shape index (κ3) is 2.70. The van der Waals surface area contributed by atoms with E-state index in [9.17, 15) is 9.59 Å². The van der Waals surface area contributed by atoms with Crippen molar-refractivity contribution in [2.75, 3.05) is 7.11 Å². The molecule has 2 N–H and O–H groups in total. The number of benzene rings is 1. The molecule has 5 nitrogen and oxygen atoms in total. The average molecular weight is 210 g/mol. The second-order valence-corrected chi connectivity index (χ2v) is 2.90. The Hall–Kier alpha value is -2.04. The van der Waals surface area contributed by atoms with Crippen LogP contribution < -0.4 is 4.74 Å². The molecule has 0 aromatic heterocycles. The Kier molecular flexibility index (Phi) is 3.28. The molecule has 0 atom stereocenters. The minimum atomic E-state index is -1.07. The van der Waals surface area contributed by atoms with Crippen LogP contribution >= 0.6 is 0 Å². The molecule has 0 aliphatic heterocycles. The van der Waals surface area contributed by atoms with Gasteiger partial charge in [-0.1, -0.05) is 6.07 Å². The molecule has 0 unspecified atom stereocenters. The van der Waals surface area contributed by atoms with Gasteiger partial charge in [0.05, 0.1) is 19.1 Å². The quantitative estimate of drug-likeness (QED) is 0.775. The largest absolute Gasteiger partial charge is 0.496 e. The SMILES string of the molecule is COc1cc(C(=O)O)ccc1CC(=O)O.